The number of hydrogen-bond acceptors (Lipinski definition) is 4. The lowest BCUT2D eigenvalue weighted by Crippen LogP contribution is -2.34. The van der Waals surface area contributed by atoms with Gasteiger partial charge in [0.15, 0.2) is 0 Å². The second-order valence-corrected chi connectivity index (χ2v) is 4.92. The van der Waals surface area contributed by atoms with Gasteiger partial charge in [-0.05, 0) is 25.0 Å². The van der Waals surface area contributed by atoms with Crippen molar-refractivity contribution in [2.45, 2.75) is 18.9 Å². The molecule has 0 aliphatic carbocycles. The van der Waals surface area contributed by atoms with Crippen molar-refractivity contribution in [1.82, 2.24) is 4.90 Å². The van der Waals surface area contributed by atoms with Crippen LogP contribution < -0.4 is 9.47 Å². The largest absolute Gasteiger partial charge is 0.497 e. The minimum Gasteiger partial charge on any atom is -0.497 e. The number of nitrogens with zero attached hydrogens (tertiary/aromatic N) is 1. The summed E-state index contributed by atoms with van der Waals surface area (Å²) in [5, 5.41) is 0. The first-order valence-corrected chi connectivity index (χ1v) is 6.74. The summed E-state index contributed by atoms with van der Waals surface area (Å²) in [5.74, 6) is 1.16. The number of amides is 1. The maximum absolute atomic E-state index is 12.4. The number of benzene rings is 1. The molecular formula is C15H21NO4. The third-order valence-corrected chi connectivity index (χ3v) is 3.45. The van der Waals surface area contributed by atoms with Crippen LogP contribution in [-0.4, -0.2) is 51.3 Å². The first-order valence-electron chi connectivity index (χ1n) is 6.74. The van der Waals surface area contributed by atoms with Crippen molar-refractivity contribution in [3.63, 3.8) is 0 Å². The van der Waals surface area contributed by atoms with Gasteiger partial charge in [0.1, 0.15) is 11.5 Å². The van der Waals surface area contributed by atoms with E-state index < -0.39 is 0 Å². The molecular weight excluding hydrogens is 258 g/mol. The van der Waals surface area contributed by atoms with Crippen molar-refractivity contribution in [2.24, 2.45) is 0 Å². The fraction of sp³-hybridized carbons (Fsp3) is 0.533. The van der Waals surface area contributed by atoms with Crippen LogP contribution in [0.2, 0.25) is 0 Å². The van der Waals surface area contributed by atoms with E-state index in [4.69, 9.17) is 14.2 Å². The Morgan fingerprint density at radius 3 is 2.45 bits per heavy atom. The van der Waals surface area contributed by atoms with Gasteiger partial charge in [-0.2, -0.15) is 0 Å². The Labute approximate surface area is 119 Å². The van der Waals surface area contributed by atoms with Gasteiger partial charge >= 0.3 is 0 Å². The highest BCUT2D eigenvalue weighted by Crippen LogP contribution is 2.23. The zero-order chi connectivity index (χ0) is 14.5. The Bertz CT molecular complexity index is 447. The lowest BCUT2D eigenvalue weighted by atomic mass is 10.1. The number of rotatable bonds is 5. The second-order valence-electron chi connectivity index (χ2n) is 4.92. The first kappa shape index (κ1) is 14.7. The number of hydrogen-bond donors (Lipinski definition) is 0. The number of likely N-dealkylation sites (N-methyl/N-ethyl adjacent to an activating group) is 1. The number of carbonyl (C=O) groups excluding carboxylic acids is 1. The highest BCUT2D eigenvalue weighted by Gasteiger charge is 2.21. The molecule has 1 saturated heterocycles. The third-order valence-electron chi connectivity index (χ3n) is 3.45. The molecule has 110 valence electrons. The van der Waals surface area contributed by atoms with Gasteiger partial charge < -0.3 is 19.1 Å². The van der Waals surface area contributed by atoms with Gasteiger partial charge in [-0.15, -0.1) is 0 Å². The fourth-order valence-corrected chi connectivity index (χ4v) is 2.33. The highest BCUT2D eigenvalue weighted by molar-refractivity contribution is 5.95. The van der Waals surface area contributed by atoms with Crippen molar-refractivity contribution >= 4 is 5.91 Å². The molecule has 2 rings (SSSR count). The standard InChI is InChI=1S/C15H21NO4/c1-16(10-12-5-4-6-20-12)15(17)11-7-13(18-2)9-14(8-11)19-3/h7-9,12H,4-6,10H2,1-3H3. The molecule has 5 heteroatoms. The van der Waals surface area contributed by atoms with E-state index in [-0.39, 0.29) is 12.0 Å². The molecule has 1 amide bonds. The van der Waals surface area contributed by atoms with Crippen molar-refractivity contribution in [2.75, 3.05) is 34.4 Å². The van der Waals surface area contributed by atoms with Crippen LogP contribution in [0.3, 0.4) is 0 Å². The predicted octanol–water partition coefficient (Wildman–Crippen LogP) is 1.95. The second kappa shape index (κ2) is 6.61. The summed E-state index contributed by atoms with van der Waals surface area (Å²) < 4.78 is 15.9. The molecule has 1 aromatic rings. The molecule has 5 nitrogen and oxygen atoms in total. The molecule has 0 aromatic heterocycles. The Kier molecular flexibility index (Phi) is 4.84. The van der Waals surface area contributed by atoms with E-state index in [0.717, 1.165) is 19.4 Å². The normalized spacial score (nSPS) is 17.9. The number of ether oxygens (including phenoxy) is 3. The van der Waals surface area contributed by atoms with Crippen molar-refractivity contribution in [3.05, 3.63) is 23.8 Å². The zero-order valence-electron chi connectivity index (χ0n) is 12.2. The molecule has 0 bridgehead atoms. The molecule has 1 atom stereocenters. The zero-order valence-corrected chi connectivity index (χ0v) is 12.2. The van der Waals surface area contributed by atoms with E-state index in [1.807, 2.05) is 0 Å². The molecule has 1 aliphatic heterocycles. The van der Waals surface area contributed by atoms with Crippen LogP contribution in [0, 0.1) is 0 Å². The van der Waals surface area contributed by atoms with Gasteiger partial charge in [0, 0.05) is 31.8 Å². The Morgan fingerprint density at radius 1 is 1.30 bits per heavy atom. The molecule has 0 radical (unpaired) electrons. The average Bonchev–Trinajstić information content (AvgIpc) is 2.98. The Balaban J connectivity index is 2.10. The van der Waals surface area contributed by atoms with E-state index in [9.17, 15) is 4.79 Å². The lowest BCUT2D eigenvalue weighted by Gasteiger charge is -2.21. The fourth-order valence-electron chi connectivity index (χ4n) is 2.33. The SMILES string of the molecule is COc1cc(OC)cc(C(=O)N(C)CC2CCCO2)c1. The maximum Gasteiger partial charge on any atom is 0.253 e. The summed E-state index contributed by atoms with van der Waals surface area (Å²) in [4.78, 5) is 14.1. The molecule has 1 fully saturated rings. The number of methoxy groups -OCH3 is 2. The molecule has 1 aliphatic rings. The van der Waals surface area contributed by atoms with Crippen LogP contribution in [-0.2, 0) is 4.74 Å². The van der Waals surface area contributed by atoms with Gasteiger partial charge in [0.2, 0.25) is 0 Å². The van der Waals surface area contributed by atoms with E-state index in [1.54, 1.807) is 44.4 Å². The van der Waals surface area contributed by atoms with Gasteiger partial charge in [-0.25, -0.2) is 0 Å². The molecule has 1 heterocycles. The van der Waals surface area contributed by atoms with Crippen LogP contribution in [0.25, 0.3) is 0 Å². The van der Waals surface area contributed by atoms with Crippen molar-refractivity contribution < 1.29 is 19.0 Å². The summed E-state index contributed by atoms with van der Waals surface area (Å²) in [5.41, 5.74) is 0.557. The van der Waals surface area contributed by atoms with Crippen molar-refractivity contribution in [3.8, 4) is 11.5 Å². The minimum atomic E-state index is -0.0577. The topological polar surface area (TPSA) is 48.0 Å². The van der Waals surface area contributed by atoms with Gasteiger partial charge in [-0.3, -0.25) is 4.79 Å². The highest BCUT2D eigenvalue weighted by atomic mass is 16.5. The summed E-state index contributed by atoms with van der Waals surface area (Å²) in [6, 6.07) is 5.19. The van der Waals surface area contributed by atoms with Crippen LogP contribution in [0.15, 0.2) is 18.2 Å². The maximum atomic E-state index is 12.4. The Morgan fingerprint density at radius 2 is 1.95 bits per heavy atom. The van der Waals surface area contributed by atoms with Gasteiger partial charge in [-0.1, -0.05) is 0 Å². The number of carbonyl (C=O) groups is 1. The van der Waals surface area contributed by atoms with E-state index in [0.29, 0.717) is 23.6 Å². The quantitative estimate of drug-likeness (QED) is 0.826. The Hall–Kier alpha value is -1.75. The molecule has 0 saturated carbocycles. The summed E-state index contributed by atoms with van der Waals surface area (Å²) >= 11 is 0. The summed E-state index contributed by atoms with van der Waals surface area (Å²) in [6.07, 6.45) is 2.23. The van der Waals surface area contributed by atoms with Crippen LogP contribution >= 0.6 is 0 Å². The first-order chi connectivity index (χ1) is 9.63. The van der Waals surface area contributed by atoms with Crippen LogP contribution in [0.5, 0.6) is 11.5 Å². The molecule has 0 N–H and O–H groups in total. The molecule has 1 aromatic carbocycles. The van der Waals surface area contributed by atoms with Crippen LogP contribution in [0.4, 0.5) is 0 Å². The predicted molar refractivity (Wildman–Crippen MR) is 75.5 cm³/mol. The monoisotopic (exact) mass is 279 g/mol. The van der Waals surface area contributed by atoms with Gasteiger partial charge in [0.25, 0.3) is 5.91 Å². The molecule has 20 heavy (non-hydrogen) atoms. The van der Waals surface area contributed by atoms with E-state index >= 15 is 0 Å². The molecule has 1 unspecified atom stereocenters. The van der Waals surface area contributed by atoms with E-state index in [2.05, 4.69) is 0 Å². The van der Waals surface area contributed by atoms with E-state index in [1.165, 1.54) is 0 Å². The van der Waals surface area contributed by atoms with Crippen molar-refractivity contribution in [1.29, 1.82) is 0 Å². The molecule has 0 spiro atoms. The summed E-state index contributed by atoms with van der Waals surface area (Å²) in [7, 11) is 4.92. The minimum absolute atomic E-state index is 0.0577. The average molecular weight is 279 g/mol. The summed E-state index contributed by atoms with van der Waals surface area (Å²) in [6.45, 7) is 1.40. The van der Waals surface area contributed by atoms with Crippen LogP contribution in [0.1, 0.15) is 23.2 Å². The smallest absolute Gasteiger partial charge is 0.253 e. The lowest BCUT2D eigenvalue weighted by molar-refractivity contribution is 0.0586. The van der Waals surface area contributed by atoms with Gasteiger partial charge in [0.05, 0.1) is 20.3 Å². The third kappa shape index (κ3) is 3.42.